The summed E-state index contributed by atoms with van der Waals surface area (Å²) in [7, 11) is 4.15. The standard InChI is InChI=1S/C12H24N6/c1-4-6-10-11(14-7-5-8-18(2)3)15-9-16-12(10)17-13/h9H,4-8,13H2,1-3H3,(H2,14,15,16,17). The van der Waals surface area contributed by atoms with Crippen LogP contribution in [-0.2, 0) is 6.42 Å². The average Bonchev–Trinajstić information content (AvgIpc) is 2.36. The minimum absolute atomic E-state index is 0.710. The molecule has 0 unspecified atom stereocenters. The summed E-state index contributed by atoms with van der Waals surface area (Å²) >= 11 is 0. The third-order valence-corrected chi connectivity index (χ3v) is 2.66. The summed E-state index contributed by atoms with van der Waals surface area (Å²) in [5, 5.41) is 3.35. The van der Waals surface area contributed by atoms with Crippen molar-refractivity contribution in [1.29, 1.82) is 0 Å². The van der Waals surface area contributed by atoms with Crippen LogP contribution >= 0.6 is 0 Å². The second kappa shape index (κ2) is 7.84. The molecule has 18 heavy (non-hydrogen) atoms. The molecule has 0 aromatic carbocycles. The van der Waals surface area contributed by atoms with Crippen molar-refractivity contribution in [2.75, 3.05) is 37.9 Å². The van der Waals surface area contributed by atoms with Gasteiger partial charge in [0, 0.05) is 12.1 Å². The van der Waals surface area contributed by atoms with E-state index in [-0.39, 0.29) is 0 Å². The maximum atomic E-state index is 5.47. The molecule has 0 saturated carbocycles. The first-order valence-corrected chi connectivity index (χ1v) is 6.38. The fraction of sp³-hybridized carbons (Fsp3) is 0.667. The Morgan fingerprint density at radius 1 is 1.28 bits per heavy atom. The molecule has 102 valence electrons. The highest BCUT2D eigenvalue weighted by Crippen LogP contribution is 2.20. The predicted molar refractivity (Wildman–Crippen MR) is 75.5 cm³/mol. The quantitative estimate of drug-likeness (QED) is 0.365. The molecule has 6 heteroatoms. The van der Waals surface area contributed by atoms with Crippen LogP contribution in [0.15, 0.2) is 6.33 Å². The van der Waals surface area contributed by atoms with Crippen LogP contribution in [0.3, 0.4) is 0 Å². The lowest BCUT2D eigenvalue weighted by molar-refractivity contribution is 0.405. The van der Waals surface area contributed by atoms with Gasteiger partial charge in [0.1, 0.15) is 18.0 Å². The van der Waals surface area contributed by atoms with Gasteiger partial charge >= 0.3 is 0 Å². The normalized spacial score (nSPS) is 10.7. The number of nitrogens with zero attached hydrogens (tertiary/aromatic N) is 3. The van der Waals surface area contributed by atoms with Crippen LogP contribution in [0.4, 0.5) is 11.6 Å². The van der Waals surface area contributed by atoms with Crippen molar-refractivity contribution in [3.05, 3.63) is 11.9 Å². The molecule has 0 spiro atoms. The molecule has 0 aliphatic heterocycles. The smallest absolute Gasteiger partial charge is 0.148 e. The Hall–Kier alpha value is -1.40. The molecule has 0 amide bonds. The Morgan fingerprint density at radius 2 is 2.00 bits per heavy atom. The first kappa shape index (κ1) is 14.7. The van der Waals surface area contributed by atoms with Crippen LogP contribution in [0.5, 0.6) is 0 Å². The van der Waals surface area contributed by atoms with Crippen LogP contribution < -0.4 is 16.6 Å². The molecule has 0 aliphatic rings. The number of hydrogen-bond acceptors (Lipinski definition) is 6. The highest BCUT2D eigenvalue weighted by Gasteiger charge is 2.09. The van der Waals surface area contributed by atoms with E-state index in [2.05, 4.69) is 46.6 Å². The summed E-state index contributed by atoms with van der Waals surface area (Å²) in [6, 6.07) is 0. The van der Waals surface area contributed by atoms with Gasteiger partial charge < -0.3 is 15.6 Å². The Bertz CT molecular complexity index is 352. The third-order valence-electron chi connectivity index (χ3n) is 2.66. The molecular formula is C12H24N6. The molecule has 0 bridgehead atoms. The first-order valence-electron chi connectivity index (χ1n) is 6.38. The van der Waals surface area contributed by atoms with E-state index < -0.39 is 0 Å². The van der Waals surface area contributed by atoms with Crippen molar-refractivity contribution < 1.29 is 0 Å². The van der Waals surface area contributed by atoms with Crippen LogP contribution in [0.1, 0.15) is 25.3 Å². The predicted octanol–water partition coefficient (Wildman–Crippen LogP) is 1.08. The van der Waals surface area contributed by atoms with Crippen LogP contribution in [0, 0.1) is 0 Å². The lowest BCUT2D eigenvalue weighted by atomic mass is 10.1. The molecule has 1 aromatic rings. The first-order chi connectivity index (χ1) is 8.69. The van der Waals surface area contributed by atoms with Crippen molar-refractivity contribution in [1.82, 2.24) is 14.9 Å². The number of anilines is 2. The Morgan fingerprint density at radius 3 is 2.61 bits per heavy atom. The van der Waals surface area contributed by atoms with E-state index in [4.69, 9.17) is 5.84 Å². The van der Waals surface area contributed by atoms with E-state index in [1.54, 1.807) is 0 Å². The summed E-state index contributed by atoms with van der Waals surface area (Å²) in [6.07, 6.45) is 4.56. The maximum Gasteiger partial charge on any atom is 0.148 e. The lowest BCUT2D eigenvalue weighted by Gasteiger charge is -2.14. The highest BCUT2D eigenvalue weighted by atomic mass is 15.3. The van der Waals surface area contributed by atoms with E-state index in [1.807, 2.05) is 0 Å². The zero-order chi connectivity index (χ0) is 13.4. The van der Waals surface area contributed by atoms with Gasteiger partial charge in [-0.3, -0.25) is 0 Å². The van der Waals surface area contributed by atoms with Gasteiger partial charge in [0.05, 0.1) is 0 Å². The molecule has 6 nitrogen and oxygen atoms in total. The zero-order valence-corrected chi connectivity index (χ0v) is 11.5. The monoisotopic (exact) mass is 252 g/mol. The summed E-state index contributed by atoms with van der Waals surface area (Å²) in [5.74, 6) is 7.07. The number of hydrogen-bond donors (Lipinski definition) is 3. The number of rotatable bonds is 8. The summed E-state index contributed by atoms with van der Waals surface area (Å²) in [6.45, 7) is 4.09. The summed E-state index contributed by atoms with van der Waals surface area (Å²) in [4.78, 5) is 10.6. The van der Waals surface area contributed by atoms with E-state index in [0.29, 0.717) is 5.82 Å². The molecule has 1 heterocycles. The van der Waals surface area contributed by atoms with Gasteiger partial charge in [0.15, 0.2) is 0 Å². The average molecular weight is 252 g/mol. The SMILES string of the molecule is CCCc1c(NN)ncnc1NCCCN(C)C. The van der Waals surface area contributed by atoms with E-state index in [9.17, 15) is 0 Å². The number of nitrogen functional groups attached to an aromatic ring is 1. The van der Waals surface area contributed by atoms with Crippen molar-refractivity contribution >= 4 is 11.6 Å². The van der Waals surface area contributed by atoms with Crippen LogP contribution in [0.2, 0.25) is 0 Å². The van der Waals surface area contributed by atoms with E-state index >= 15 is 0 Å². The maximum absolute atomic E-state index is 5.47. The second-order valence-electron chi connectivity index (χ2n) is 4.53. The zero-order valence-electron chi connectivity index (χ0n) is 11.5. The second-order valence-corrected chi connectivity index (χ2v) is 4.53. The van der Waals surface area contributed by atoms with Crippen molar-refractivity contribution in [3.63, 3.8) is 0 Å². The Labute approximate surface area is 109 Å². The number of nitrogens with one attached hydrogen (secondary N) is 2. The molecule has 0 fully saturated rings. The lowest BCUT2D eigenvalue weighted by Crippen LogP contribution is -2.18. The van der Waals surface area contributed by atoms with Gasteiger partial charge in [0.2, 0.25) is 0 Å². The number of aromatic nitrogens is 2. The Balaban J connectivity index is 2.63. The largest absolute Gasteiger partial charge is 0.370 e. The third kappa shape index (κ3) is 4.46. The van der Waals surface area contributed by atoms with Crippen LogP contribution in [0.25, 0.3) is 0 Å². The van der Waals surface area contributed by atoms with Crippen molar-refractivity contribution in [2.24, 2.45) is 5.84 Å². The van der Waals surface area contributed by atoms with Gasteiger partial charge in [-0.2, -0.15) is 0 Å². The molecule has 0 radical (unpaired) electrons. The molecular weight excluding hydrogens is 228 g/mol. The molecule has 4 N–H and O–H groups in total. The molecule has 1 rings (SSSR count). The topological polar surface area (TPSA) is 79.1 Å². The molecule has 0 saturated heterocycles. The fourth-order valence-electron chi connectivity index (χ4n) is 1.78. The van der Waals surface area contributed by atoms with Crippen LogP contribution in [-0.4, -0.2) is 42.1 Å². The van der Waals surface area contributed by atoms with Crippen molar-refractivity contribution in [2.45, 2.75) is 26.2 Å². The molecule has 1 aromatic heterocycles. The minimum atomic E-state index is 0.710. The summed E-state index contributed by atoms with van der Waals surface area (Å²) < 4.78 is 0. The van der Waals surface area contributed by atoms with Gasteiger partial charge in [0.25, 0.3) is 0 Å². The van der Waals surface area contributed by atoms with Gasteiger partial charge in [-0.15, -0.1) is 0 Å². The van der Waals surface area contributed by atoms with E-state index in [1.165, 1.54) is 6.33 Å². The van der Waals surface area contributed by atoms with Gasteiger partial charge in [-0.25, -0.2) is 15.8 Å². The van der Waals surface area contributed by atoms with Crippen molar-refractivity contribution in [3.8, 4) is 0 Å². The highest BCUT2D eigenvalue weighted by molar-refractivity contribution is 5.56. The fourth-order valence-corrected chi connectivity index (χ4v) is 1.78. The molecule has 0 atom stereocenters. The van der Waals surface area contributed by atoms with E-state index in [0.717, 1.165) is 43.7 Å². The number of hydrazine groups is 1. The number of nitrogens with two attached hydrogens (primary N) is 1. The molecule has 0 aliphatic carbocycles. The van der Waals surface area contributed by atoms with Gasteiger partial charge in [-0.05, 0) is 33.5 Å². The minimum Gasteiger partial charge on any atom is -0.370 e. The Kier molecular flexibility index (Phi) is 6.38. The summed E-state index contributed by atoms with van der Waals surface area (Å²) in [5.41, 5.74) is 3.69. The van der Waals surface area contributed by atoms with Gasteiger partial charge in [-0.1, -0.05) is 13.3 Å².